The number of rotatable bonds is 3. The molecule has 1 aromatic carbocycles. The van der Waals surface area contributed by atoms with Gasteiger partial charge < -0.3 is 4.90 Å². The van der Waals surface area contributed by atoms with Gasteiger partial charge in [0.25, 0.3) is 0 Å². The SMILES string of the molecule is Cc1ccc(C2CN(C(C)C)CC2C(C)C)cc1. The van der Waals surface area contributed by atoms with E-state index in [9.17, 15) is 0 Å². The van der Waals surface area contributed by atoms with Crippen LogP contribution in [0.2, 0.25) is 0 Å². The Morgan fingerprint density at radius 2 is 1.61 bits per heavy atom. The predicted molar refractivity (Wildman–Crippen MR) is 79.0 cm³/mol. The molecule has 1 heteroatoms. The van der Waals surface area contributed by atoms with Crippen LogP contribution in [0.3, 0.4) is 0 Å². The number of benzene rings is 1. The van der Waals surface area contributed by atoms with Crippen LogP contribution in [0.25, 0.3) is 0 Å². The fourth-order valence-electron chi connectivity index (χ4n) is 3.12. The summed E-state index contributed by atoms with van der Waals surface area (Å²) < 4.78 is 0. The highest BCUT2D eigenvalue weighted by atomic mass is 15.2. The van der Waals surface area contributed by atoms with Crippen molar-refractivity contribution in [1.82, 2.24) is 4.90 Å². The second kappa shape index (κ2) is 5.44. The molecular formula is C17H27N. The van der Waals surface area contributed by atoms with Crippen molar-refractivity contribution >= 4 is 0 Å². The highest BCUT2D eigenvalue weighted by molar-refractivity contribution is 5.26. The molecule has 2 atom stereocenters. The molecule has 100 valence electrons. The number of aryl methyl sites for hydroxylation is 1. The maximum Gasteiger partial charge on any atom is 0.00563 e. The third-order valence-corrected chi connectivity index (χ3v) is 4.49. The molecule has 0 radical (unpaired) electrons. The van der Waals surface area contributed by atoms with Gasteiger partial charge in [-0.05, 0) is 38.2 Å². The Labute approximate surface area is 112 Å². The molecule has 0 N–H and O–H groups in total. The molecule has 1 saturated heterocycles. The molecule has 0 saturated carbocycles. The first-order chi connectivity index (χ1) is 8.49. The molecule has 0 spiro atoms. The fraction of sp³-hybridized carbons (Fsp3) is 0.647. The van der Waals surface area contributed by atoms with E-state index in [1.54, 1.807) is 0 Å². The van der Waals surface area contributed by atoms with Crippen LogP contribution in [0.1, 0.15) is 44.7 Å². The van der Waals surface area contributed by atoms with Crippen molar-refractivity contribution in [3.63, 3.8) is 0 Å². The average molecular weight is 245 g/mol. The minimum atomic E-state index is 0.668. The number of likely N-dealkylation sites (tertiary alicyclic amines) is 1. The second-order valence-corrected chi connectivity index (χ2v) is 6.47. The maximum atomic E-state index is 2.63. The van der Waals surface area contributed by atoms with Crippen molar-refractivity contribution in [1.29, 1.82) is 0 Å². The van der Waals surface area contributed by atoms with Gasteiger partial charge in [0.05, 0.1) is 0 Å². The summed E-state index contributed by atoms with van der Waals surface area (Å²) in [4.78, 5) is 2.63. The monoisotopic (exact) mass is 245 g/mol. The van der Waals surface area contributed by atoms with Crippen molar-refractivity contribution in [2.75, 3.05) is 13.1 Å². The average Bonchev–Trinajstić information content (AvgIpc) is 2.75. The molecule has 1 nitrogen and oxygen atoms in total. The van der Waals surface area contributed by atoms with E-state index in [1.165, 1.54) is 24.2 Å². The molecule has 1 fully saturated rings. The van der Waals surface area contributed by atoms with Gasteiger partial charge in [0.2, 0.25) is 0 Å². The summed E-state index contributed by atoms with van der Waals surface area (Å²) in [5, 5.41) is 0. The molecule has 0 amide bonds. The lowest BCUT2D eigenvalue weighted by molar-refractivity contribution is 0.253. The lowest BCUT2D eigenvalue weighted by atomic mass is 9.82. The highest BCUT2D eigenvalue weighted by Crippen LogP contribution is 2.37. The summed E-state index contributed by atoms with van der Waals surface area (Å²) in [5.41, 5.74) is 2.89. The topological polar surface area (TPSA) is 3.24 Å². The lowest BCUT2D eigenvalue weighted by Gasteiger charge is -2.22. The molecule has 1 aromatic rings. The summed E-state index contributed by atoms with van der Waals surface area (Å²) in [6.45, 7) is 14.0. The Balaban J connectivity index is 2.21. The van der Waals surface area contributed by atoms with Gasteiger partial charge in [-0.3, -0.25) is 0 Å². The third kappa shape index (κ3) is 2.77. The minimum Gasteiger partial charge on any atom is -0.300 e. The van der Waals surface area contributed by atoms with E-state index < -0.39 is 0 Å². The van der Waals surface area contributed by atoms with E-state index in [2.05, 4.69) is 63.8 Å². The van der Waals surface area contributed by atoms with Gasteiger partial charge in [-0.1, -0.05) is 43.7 Å². The van der Waals surface area contributed by atoms with Crippen molar-refractivity contribution in [3.05, 3.63) is 35.4 Å². The van der Waals surface area contributed by atoms with E-state index in [-0.39, 0.29) is 0 Å². The number of nitrogens with zero attached hydrogens (tertiary/aromatic N) is 1. The zero-order valence-corrected chi connectivity index (χ0v) is 12.5. The highest BCUT2D eigenvalue weighted by Gasteiger charge is 2.36. The van der Waals surface area contributed by atoms with Crippen LogP contribution in [0, 0.1) is 18.8 Å². The van der Waals surface area contributed by atoms with E-state index in [4.69, 9.17) is 0 Å². The fourth-order valence-corrected chi connectivity index (χ4v) is 3.12. The van der Waals surface area contributed by atoms with Gasteiger partial charge in [0, 0.05) is 25.0 Å². The zero-order chi connectivity index (χ0) is 13.3. The molecule has 18 heavy (non-hydrogen) atoms. The molecule has 0 aromatic heterocycles. The minimum absolute atomic E-state index is 0.668. The Morgan fingerprint density at radius 1 is 1.00 bits per heavy atom. The Kier molecular flexibility index (Phi) is 4.11. The van der Waals surface area contributed by atoms with Gasteiger partial charge in [-0.25, -0.2) is 0 Å². The van der Waals surface area contributed by atoms with Crippen LogP contribution in [0.15, 0.2) is 24.3 Å². The largest absolute Gasteiger partial charge is 0.300 e. The predicted octanol–water partition coefficient (Wildman–Crippen LogP) is 4.07. The van der Waals surface area contributed by atoms with Crippen LogP contribution < -0.4 is 0 Å². The van der Waals surface area contributed by atoms with Crippen molar-refractivity contribution < 1.29 is 0 Å². The Hall–Kier alpha value is -0.820. The van der Waals surface area contributed by atoms with E-state index in [1.807, 2.05) is 0 Å². The normalized spacial score (nSPS) is 25.3. The first-order valence-electron chi connectivity index (χ1n) is 7.29. The molecule has 0 bridgehead atoms. The van der Waals surface area contributed by atoms with Crippen LogP contribution in [-0.4, -0.2) is 24.0 Å². The maximum absolute atomic E-state index is 2.63. The first-order valence-corrected chi connectivity index (χ1v) is 7.29. The van der Waals surface area contributed by atoms with Gasteiger partial charge in [0.15, 0.2) is 0 Å². The van der Waals surface area contributed by atoms with E-state index in [0.29, 0.717) is 12.0 Å². The van der Waals surface area contributed by atoms with Gasteiger partial charge >= 0.3 is 0 Å². The summed E-state index contributed by atoms with van der Waals surface area (Å²) in [6, 6.07) is 9.84. The smallest absolute Gasteiger partial charge is 0.00563 e. The molecule has 1 aliphatic rings. The molecular weight excluding hydrogens is 218 g/mol. The second-order valence-electron chi connectivity index (χ2n) is 6.47. The summed E-state index contributed by atoms with van der Waals surface area (Å²) in [5.74, 6) is 2.28. The molecule has 0 aliphatic carbocycles. The standard InChI is InChI=1S/C17H27N/c1-12(2)16-10-18(13(3)4)11-17(16)15-8-6-14(5)7-9-15/h6-9,12-13,16-17H,10-11H2,1-5H3. The molecule has 1 aliphatic heterocycles. The van der Waals surface area contributed by atoms with Crippen molar-refractivity contribution in [2.24, 2.45) is 11.8 Å². The molecule has 1 heterocycles. The molecule has 2 rings (SSSR count). The lowest BCUT2D eigenvalue weighted by Crippen LogP contribution is -2.28. The number of hydrogen-bond acceptors (Lipinski definition) is 1. The van der Waals surface area contributed by atoms with E-state index >= 15 is 0 Å². The Morgan fingerprint density at radius 3 is 2.11 bits per heavy atom. The number of hydrogen-bond donors (Lipinski definition) is 0. The van der Waals surface area contributed by atoms with Gasteiger partial charge in [0.1, 0.15) is 0 Å². The van der Waals surface area contributed by atoms with Crippen LogP contribution >= 0.6 is 0 Å². The Bertz CT molecular complexity index is 377. The summed E-state index contributed by atoms with van der Waals surface area (Å²) in [6.07, 6.45) is 0. The van der Waals surface area contributed by atoms with Crippen LogP contribution in [0.4, 0.5) is 0 Å². The summed E-state index contributed by atoms with van der Waals surface area (Å²) >= 11 is 0. The van der Waals surface area contributed by atoms with Crippen molar-refractivity contribution in [2.45, 2.75) is 46.6 Å². The zero-order valence-electron chi connectivity index (χ0n) is 12.5. The quantitative estimate of drug-likeness (QED) is 0.776. The van der Waals surface area contributed by atoms with Crippen LogP contribution in [-0.2, 0) is 0 Å². The molecule has 2 unspecified atom stereocenters. The van der Waals surface area contributed by atoms with Crippen LogP contribution in [0.5, 0.6) is 0 Å². The van der Waals surface area contributed by atoms with E-state index in [0.717, 1.165) is 11.8 Å². The van der Waals surface area contributed by atoms with Gasteiger partial charge in [-0.15, -0.1) is 0 Å². The first kappa shape index (κ1) is 13.6. The van der Waals surface area contributed by atoms with Gasteiger partial charge in [-0.2, -0.15) is 0 Å². The third-order valence-electron chi connectivity index (χ3n) is 4.49. The van der Waals surface area contributed by atoms with Crippen molar-refractivity contribution in [3.8, 4) is 0 Å². The summed E-state index contributed by atoms with van der Waals surface area (Å²) in [7, 11) is 0.